The van der Waals surface area contributed by atoms with Crippen molar-refractivity contribution in [3.8, 4) is 5.82 Å². The molecule has 4 rings (SSSR count). The maximum Gasteiger partial charge on any atom is 0.329 e. The van der Waals surface area contributed by atoms with E-state index in [2.05, 4.69) is 15.4 Å². The summed E-state index contributed by atoms with van der Waals surface area (Å²) in [5.41, 5.74) is 2.56. The Morgan fingerprint density at radius 1 is 1.00 bits per heavy atom. The summed E-state index contributed by atoms with van der Waals surface area (Å²) in [4.78, 5) is 29.7. The van der Waals surface area contributed by atoms with Crippen molar-refractivity contribution in [3.63, 3.8) is 0 Å². The highest BCUT2D eigenvalue weighted by molar-refractivity contribution is 5.78. The lowest BCUT2D eigenvalue weighted by atomic mass is 10.2. The number of amides is 1. The first-order chi connectivity index (χ1) is 14.7. The van der Waals surface area contributed by atoms with E-state index in [4.69, 9.17) is 0 Å². The Kier molecular flexibility index (Phi) is 5.74. The highest BCUT2D eigenvalue weighted by Gasteiger charge is 2.14. The molecule has 154 valence electrons. The van der Waals surface area contributed by atoms with Crippen LogP contribution in [0.2, 0.25) is 0 Å². The van der Waals surface area contributed by atoms with Crippen molar-refractivity contribution in [2.45, 2.75) is 39.4 Å². The van der Waals surface area contributed by atoms with Crippen molar-refractivity contribution in [2.24, 2.45) is 0 Å². The highest BCUT2D eigenvalue weighted by Crippen LogP contribution is 2.14. The van der Waals surface area contributed by atoms with E-state index < -0.39 is 0 Å². The number of aromatic nitrogens is 5. The van der Waals surface area contributed by atoms with Gasteiger partial charge >= 0.3 is 5.69 Å². The monoisotopic (exact) mass is 404 g/mol. The van der Waals surface area contributed by atoms with Crippen molar-refractivity contribution < 1.29 is 4.79 Å². The Morgan fingerprint density at radius 2 is 1.77 bits per heavy atom. The summed E-state index contributed by atoms with van der Waals surface area (Å²) in [6, 6.07) is 13.3. The van der Waals surface area contributed by atoms with Crippen LogP contribution in [0, 0.1) is 0 Å². The largest absolute Gasteiger partial charge is 0.352 e. The van der Waals surface area contributed by atoms with Crippen LogP contribution >= 0.6 is 0 Å². The second-order valence-electron chi connectivity index (χ2n) is 7.04. The van der Waals surface area contributed by atoms with Crippen LogP contribution in [0.1, 0.15) is 25.3 Å². The van der Waals surface area contributed by atoms with Crippen LogP contribution < -0.4 is 11.0 Å². The Morgan fingerprint density at radius 3 is 2.47 bits per heavy atom. The molecule has 3 heterocycles. The van der Waals surface area contributed by atoms with Crippen LogP contribution in [-0.4, -0.2) is 29.8 Å². The van der Waals surface area contributed by atoms with E-state index in [1.165, 1.54) is 0 Å². The van der Waals surface area contributed by atoms with Crippen LogP contribution in [-0.2, 0) is 24.4 Å². The molecule has 4 aromatic rings. The molecule has 0 atom stereocenters. The number of imidazole rings is 1. The SMILES string of the molecule is CCCn1c(=O)n(CCC(=O)NCc2cccnc2-n2cccn2)c2ccccc21. The van der Waals surface area contributed by atoms with E-state index in [1.807, 2.05) is 55.6 Å². The lowest BCUT2D eigenvalue weighted by Crippen LogP contribution is -2.28. The Bertz CT molecular complexity index is 1210. The van der Waals surface area contributed by atoms with Gasteiger partial charge in [-0.25, -0.2) is 14.5 Å². The lowest BCUT2D eigenvalue weighted by Gasteiger charge is -2.10. The van der Waals surface area contributed by atoms with Gasteiger partial charge in [0.2, 0.25) is 5.91 Å². The second kappa shape index (κ2) is 8.77. The zero-order chi connectivity index (χ0) is 20.9. The van der Waals surface area contributed by atoms with Gasteiger partial charge in [-0.3, -0.25) is 13.9 Å². The van der Waals surface area contributed by atoms with Gasteiger partial charge in [0.15, 0.2) is 5.82 Å². The molecular weight excluding hydrogens is 380 g/mol. The molecule has 1 amide bonds. The number of aryl methyl sites for hydroxylation is 2. The Hall–Kier alpha value is -3.68. The number of para-hydroxylation sites is 2. The first kappa shape index (κ1) is 19.6. The van der Waals surface area contributed by atoms with Gasteiger partial charge in [0.05, 0.1) is 11.0 Å². The van der Waals surface area contributed by atoms with Gasteiger partial charge in [0, 0.05) is 50.2 Å². The predicted molar refractivity (Wildman–Crippen MR) is 114 cm³/mol. The number of carbonyl (C=O) groups is 1. The third kappa shape index (κ3) is 3.89. The minimum atomic E-state index is -0.121. The number of nitrogens with one attached hydrogen (secondary N) is 1. The molecule has 30 heavy (non-hydrogen) atoms. The van der Waals surface area contributed by atoms with Crippen molar-refractivity contribution >= 4 is 16.9 Å². The summed E-state index contributed by atoms with van der Waals surface area (Å²) < 4.78 is 5.13. The number of fused-ring (bicyclic) bond motifs is 1. The number of nitrogens with zero attached hydrogens (tertiary/aromatic N) is 5. The van der Waals surface area contributed by atoms with Crippen LogP contribution in [0.25, 0.3) is 16.9 Å². The summed E-state index contributed by atoms with van der Waals surface area (Å²) >= 11 is 0. The van der Waals surface area contributed by atoms with Gasteiger partial charge in [-0.1, -0.05) is 25.1 Å². The van der Waals surface area contributed by atoms with Crippen LogP contribution in [0.5, 0.6) is 0 Å². The summed E-state index contributed by atoms with van der Waals surface area (Å²) in [7, 11) is 0. The van der Waals surface area contributed by atoms with Gasteiger partial charge in [-0.05, 0) is 30.7 Å². The van der Waals surface area contributed by atoms with Crippen molar-refractivity contribution in [3.05, 3.63) is 77.1 Å². The van der Waals surface area contributed by atoms with Crippen molar-refractivity contribution in [1.82, 2.24) is 29.2 Å². The van der Waals surface area contributed by atoms with Gasteiger partial charge < -0.3 is 5.32 Å². The predicted octanol–water partition coefficient (Wildman–Crippen LogP) is 2.50. The quantitative estimate of drug-likeness (QED) is 0.489. The normalized spacial score (nSPS) is 11.1. The van der Waals surface area contributed by atoms with Gasteiger partial charge in [0.25, 0.3) is 0 Å². The fourth-order valence-corrected chi connectivity index (χ4v) is 3.59. The summed E-state index contributed by atoms with van der Waals surface area (Å²) in [6.45, 7) is 3.38. The third-order valence-corrected chi connectivity index (χ3v) is 5.00. The Labute approximate surface area is 173 Å². The van der Waals surface area contributed by atoms with Gasteiger partial charge in [0.1, 0.15) is 0 Å². The van der Waals surface area contributed by atoms with Crippen molar-refractivity contribution in [1.29, 1.82) is 0 Å². The van der Waals surface area contributed by atoms with E-state index in [-0.39, 0.29) is 18.0 Å². The second-order valence-corrected chi connectivity index (χ2v) is 7.04. The molecule has 1 N–H and O–H groups in total. The minimum absolute atomic E-state index is 0.0703. The zero-order valence-corrected chi connectivity index (χ0v) is 16.9. The molecule has 8 nitrogen and oxygen atoms in total. The first-order valence-electron chi connectivity index (χ1n) is 10.1. The van der Waals surface area contributed by atoms with Gasteiger partial charge in [-0.2, -0.15) is 5.10 Å². The number of hydrogen-bond donors (Lipinski definition) is 1. The van der Waals surface area contributed by atoms with E-state index in [9.17, 15) is 9.59 Å². The number of pyridine rings is 1. The molecule has 0 fully saturated rings. The van der Waals surface area contributed by atoms with Crippen LogP contribution in [0.4, 0.5) is 0 Å². The molecule has 1 aromatic carbocycles. The van der Waals surface area contributed by atoms with Gasteiger partial charge in [-0.15, -0.1) is 0 Å². The van der Waals surface area contributed by atoms with E-state index in [0.717, 1.165) is 23.0 Å². The molecule has 0 unspecified atom stereocenters. The topological polar surface area (TPSA) is 86.7 Å². The number of rotatable bonds is 8. The molecule has 0 saturated heterocycles. The lowest BCUT2D eigenvalue weighted by molar-refractivity contribution is -0.121. The molecule has 0 spiro atoms. The fourth-order valence-electron chi connectivity index (χ4n) is 3.59. The summed E-state index contributed by atoms with van der Waals surface area (Å²) in [6.07, 6.45) is 6.28. The fraction of sp³-hybridized carbons (Fsp3) is 0.273. The summed E-state index contributed by atoms with van der Waals surface area (Å²) in [5, 5.41) is 7.14. The molecule has 0 bridgehead atoms. The molecule has 8 heteroatoms. The zero-order valence-electron chi connectivity index (χ0n) is 16.9. The molecule has 0 aliphatic carbocycles. The maximum atomic E-state index is 12.8. The molecule has 0 saturated carbocycles. The first-order valence-corrected chi connectivity index (χ1v) is 10.1. The average Bonchev–Trinajstić information content (AvgIpc) is 3.39. The van der Waals surface area contributed by atoms with Crippen molar-refractivity contribution in [2.75, 3.05) is 0 Å². The highest BCUT2D eigenvalue weighted by atomic mass is 16.2. The van der Waals surface area contributed by atoms with E-state index in [0.29, 0.717) is 25.5 Å². The minimum Gasteiger partial charge on any atom is -0.352 e. The molecule has 0 radical (unpaired) electrons. The Balaban J connectivity index is 1.45. The number of hydrogen-bond acceptors (Lipinski definition) is 4. The standard InChI is InChI=1S/C22H24N6O2/c1-2-13-26-18-8-3-4-9-19(18)27(22(26)30)15-10-20(29)24-16-17-7-5-11-23-21(17)28-14-6-12-25-28/h3-9,11-12,14H,2,10,13,15-16H2,1H3,(H,24,29). The maximum absolute atomic E-state index is 12.8. The average molecular weight is 404 g/mol. The van der Waals surface area contributed by atoms with E-state index >= 15 is 0 Å². The molecular formula is C22H24N6O2. The summed E-state index contributed by atoms with van der Waals surface area (Å²) in [5.74, 6) is 0.561. The van der Waals surface area contributed by atoms with Crippen LogP contribution in [0.3, 0.4) is 0 Å². The van der Waals surface area contributed by atoms with E-state index in [1.54, 1.807) is 26.2 Å². The number of benzene rings is 1. The molecule has 0 aliphatic rings. The smallest absolute Gasteiger partial charge is 0.329 e. The molecule has 3 aromatic heterocycles. The molecule has 0 aliphatic heterocycles. The third-order valence-electron chi connectivity index (χ3n) is 5.00. The number of carbonyl (C=O) groups excluding carboxylic acids is 1. The van der Waals surface area contributed by atoms with Crippen LogP contribution in [0.15, 0.2) is 65.8 Å².